The van der Waals surface area contributed by atoms with Crippen LogP contribution in [0.4, 0.5) is 0 Å². The molecule has 4 fully saturated rings. The lowest BCUT2D eigenvalue weighted by Crippen LogP contribution is -2.59. The first kappa shape index (κ1) is 76.1. The average Bonchev–Trinajstić information content (AvgIpc) is 1.45. The van der Waals surface area contributed by atoms with E-state index in [4.69, 9.17) is 66.3 Å². The van der Waals surface area contributed by atoms with Gasteiger partial charge in [0.2, 0.25) is 0 Å². The van der Waals surface area contributed by atoms with Crippen molar-refractivity contribution in [1.82, 2.24) is 60.0 Å². The Balaban J connectivity index is 0.863. The molecule has 8 heterocycles. The zero-order valence-electron chi connectivity index (χ0n) is 51.6. The van der Waals surface area contributed by atoms with Gasteiger partial charge >= 0.3 is 0 Å². The van der Waals surface area contributed by atoms with Crippen molar-refractivity contribution in [2.24, 2.45) is 5.41 Å². The van der Waals surface area contributed by atoms with Crippen LogP contribution in [0, 0.1) is 5.41 Å². The second kappa shape index (κ2) is 38.1. The molecule has 4 aromatic rings. The van der Waals surface area contributed by atoms with E-state index < -0.39 is 155 Å². The molecule has 540 valence electrons. The molecule has 0 bridgehead atoms. The highest BCUT2D eigenvalue weighted by molar-refractivity contribution is 4.96. The summed E-state index contributed by atoms with van der Waals surface area (Å²) < 4.78 is 86.6. The first-order valence-electron chi connectivity index (χ1n) is 30.6. The van der Waals surface area contributed by atoms with Gasteiger partial charge in [0, 0.05) is 0 Å². The molecule has 0 aliphatic carbocycles. The molecule has 0 spiro atoms. The first-order chi connectivity index (χ1) is 45.8. The van der Waals surface area contributed by atoms with Crippen LogP contribution >= 0.6 is 0 Å². The van der Waals surface area contributed by atoms with Crippen LogP contribution in [0.2, 0.25) is 0 Å². The molecule has 16 N–H and O–H groups in total. The second-order valence-electron chi connectivity index (χ2n) is 22.9. The molecular weight excluding hydrogens is 1280 g/mol. The van der Waals surface area contributed by atoms with E-state index >= 15 is 0 Å². The summed E-state index contributed by atoms with van der Waals surface area (Å²) in [7, 11) is 0. The van der Waals surface area contributed by atoms with E-state index in [1.807, 2.05) is 0 Å². The third-order valence-corrected chi connectivity index (χ3v) is 15.5. The Labute approximate surface area is 540 Å². The number of ether oxygens (including phenoxy) is 14. The SMILES string of the molecule is OC[C@H]1O[C@H](OCCn2cc(COCC(COCCOCCn3cc(CO[C@@H]4O[C@H](CO)[C@@H](O)[C@H](O)[C@H]4O)nn3)(COCCOCCn3cc(CO[C@@H]4O[C@H](CO)[C@@H](O)[C@H](O)[C@H]4O)nn3)COCc3cn(CCO[C@H]4O[C@H](CO)[C@@H](O)[C@H](O)[C@@H]4O)nn3)nn2)[C@@H](O)[C@@H](O)[C@@H]1O. The van der Waals surface area contributed by atoms with Crippen LogP contribution in [-0.2, 0) is 119 Å². The fourth-order valence-electron chi connectivity index (χ4n) is 10.1. The van der Waals surface area contributed by atoms with Gasteiger partial charge in [0.15, 0.2) is 25.2 Å². The largest absolute Gasteiger partial charge is 0.394 e. The molecule has 4 saturated heterocycles. The summed E-state index contributed by atoms with van der Waals surface area (Å²) in [4.78, 5) is 0. The topological polar surface area (TPSA) is 576 Å². The van der Waals surface area contributed by atoms with Crippen LogP contribution in [0.25, 0.3) is 0 Å². The quantitative estimate of drug-likeness (QED) is 0.0183. The molecule has 4 aliphatic heterocycles. The van der Waals surface area contributed by atoms with E-state index in [0.29, 0.717) is 22.8 Å². The van der Waals surface area contributed by atoms with Gasteiger partial charge in [-0.1, -0.05) is 20.9 Å². The fourth-order valence-corrected chi connectivity index (χ4v) is 10.1. The minimum Gasteiger partial charge on any atom is -0.394 e. The van der Waals surface area contributed by atoms with Crippen LogP contribution in [-0.4, -0.2) is 370 Å². The van der Waals surface area contributed by atoms with E-state index in [1.54, 1.807) is 24.8 Å². The minimum atomic E-state index is -1.62. The summed E-state index contributed by atoms with van der Waals surface area (Å²) in [5.41, 5.74) is 0.401. The smallest absolute Gasteiger partial charge is 0.187 e. The fraction of sp³-hybridized carbons (Fsp3) is 0.849. The lowest BCUT2D eigenvalue weighted by Gasteiger charge is -2.39. The predicted octanol–water partition coefficient (Wildman–Crippen LogP) is -11.5. The first-order valence-corrected chi connectivity index (χ1v) is 30.6. The molecular formula is C53H88N12O30. The standard InChI is InChI=1S/C53H88N12O30/c66-17-33-37(70)41(74)45(78)49(92-33)88-7-3-64-13-29(54-58-64)21-86-27-53(28-87-22-30-14-65(59-55-30)4-8-89-50-46(79)42(75)38(71)34(18-67)93-50,25-84-11-9-82-5-1-62-15-31(56-60-62)23-90-51-47(80)43(76)39(72)35(19-68)94-51)26-85-12-10-83-6-2-63-16-32(57-61-63)24-91-52-48(81)44(77)40(73)36(20-69)95-52/h13-16,33-52,66-81H,1-12,17-28H2/t33-,34-,35-,36-,37-,38-,39-,40-,41+,42+,43+,44+,45+,46+,47-,48-,49+,50+,51-,52-/m1/s1. The highest BCUT2D eigenvalue weighted by atomic mass is 16.7. The number of aliphatic hydroxyl groups excluding tert-OH is 16. The number of hydrogen-bond acceptors (Lipinski definition) is 38. The normalized spacial score (nSPS) is 31.6. The van der Waals surface area contributed by atoms with E-state index in [2.05, 4.69) is 41.2 Å². The Morgan fingerprint density at radius 3 is 0.874 bits per heavy atom. The van der Waals surface area contributed by atoms with Gasteiger partial charge in [0.25, 0.3) is 0 Å². The van der Waals surface area contributed by atoms with Gasteiger partial charge < -0.3 is 148 Å². The highest BCUT2D eigenvalue weighted by Crippen LogP contribution is 2.27. The molecule has 0 amide bonds. The summed E-state index contributed by atoms with van der Waals surface area (Å²) in [6.45, 7) is -1.95. The minimum absolute atomic E-state index is 0.0310. The molecule has 0 unspecified atom stereocenters. The van der Waals surface area contributed by atoms with Gasteiger partial charge in [-0.25, -0.2) is 18.7 Å². The van der Waals surface area contributed by atoms with Crippen molar-refractivity contribution in [1.29, 1.82) is 0 Å². The number of nitrogens with zero attached hydrogens (tertiary/aromatic N) is 12. The maximum Gasteiger partial charge on any atom is 0.187 e. The van der Waals surface area contributed by atoms with Gasteiger partial charge in [0.05, 0.1) is 189 Å². The number of aromatic nitrogens is 12. The highest BCUT2D eigenvalue weighted by Gasteiger charge is 2.48. The Morgan fingerprint density at radius 2 is 0.568 bits per heavy atom. The third-order valence-electron chi connectivity index (χ3n) is 15.5. The Hall–Kier alpha value is -4.64. The molecule has 42 heteroatoms. The van der Waals surface area contributed by atoms with Gasteiger partial charge in [-0.05, 0) is 0 Å². The van der Waals surface area contributed by atoms with Crippen LogP contribution in [0.3, 0.4) is 0 Å². The summed E-state index contributed by atoms with van der Waals surface area (Å²) >= 11 is 0. The van der Waals surface area contributed by atoms with Crippen LogP contribution in [0.5, 0.6) is 0 Å². The maximum atomic E-state index is 10.4. The van der Waals surface area contributed by atoms with Gasteiger partial charge in [-0.3, -0.25) is 0 Å². The van der Waals surface area contributed by atoms with Crippen molar-refractivity contribution in [3.05, 3.63) is 47.6 Å². The van der Waals surface area contributed by atoms with Gasteiger partial charge in [-0.15, -0.1) is 20.4 Å². The number of rotatable bonds is 42. The third kappa shape index (κ3) is 21.7. The molecule has 0 aromatic carbocycles. The lowest BCUT2D eigenvalue weighted by atomic mass is 9.92. The van der Waals surface area contributed by atoms with E-state index in [9.17, 15) is 81.7 Å². The maximum absolute atomic E-state index is 10.4. The summed E-state index contributed by atoms with van der Waals surface area (Å²) in [5.74, 6) is 0. The summed E-state index contributed by atoms with van der Waals surface area (Å²) in [6, 6.07) is 0. The zero-order valence-corrected chi connectivity index (χ0v) is 51.6. The van der Waals surface area contributed by atoms with Gasteiger partial charge in [0.1, 0.15) is 120 Å². The monoisotopic (exact) mass is 1370 g/mol. The number of aliphatic hydroxyl groups is 16. The molecule has 20 atom stereocenters. The predicted molar refractivity (Wildman–Crippen MR) is 302 cm³/mol. The molecule has 4 aliphatic rings. The summed E-state index contributed by atoms with van der Waals surface area (Å²) in [6.07, 6.45) is -22.8. The van der Waals surface area contributed by atoms with Crippen molar-refractivity contribution in [3.8, 4) is 0 Å². The summed E-state index contributed by atoms with van der Waals surface area (Å²) in [5, 5.41) is 193. The van der Waals surface area contributed by atoms with Crippen LogP contribution in [0.1, 0.15) is 22.8 Å². The molecule has 42 nitrogen and oxygen atoms in total. The molecule has 95 heavy (non-hydrogen) atoms. The molecule has 0 saturated carbocycles. The lowest BCUT2D eigenvalue weighted by molar-refractivity contribution is -0.304. The Bertz CT molecular complexity index is 2590. The molecule has 4 aromatic heterocycles. The van der Waals surface area contributed by atoms with Crippen molar-refractivity contribution < 1.29 is 148 Å². The van der Waals surface area contributed by atoms with Crippen LogP contribution in [0.15, 0.2) is 24.8 Å². The molecule has 8 rings (SSSR count). The Kier molecular flexibility index (Phi) is 30.5. The van der Waals surface area contributed by atoms with Crippen molar-refractivity contribution >= 4 is 0 Å². The van der Waals surface area contributed by atoms with Crippen molar-refractivity contribution in [2.45, 2.75) is 175 Å². The van der Waals surface area contributed by atoms with E-state index in [-0.39, 0.29) is 132 Å². The second-order valence-corrected chi connectivity index (χ2v) is 22.9. The average molecular weight is 1370 g/mol. The van der Waals surface area contributed by atoms with Gasteiger partial charge in [-0.2, -0.15) is 0 Å². The zero-order chi connectivity index (χ0) is 68.0. The molecule has 0 radical (unpaired) electrons. The number of hydrogen-bond donors (Lipinski definition) is 16. The van der Waals surface area contributed by atoms with Crippen molar-refractivity contribution in [2.75, 3.05) is 106 Å². The van der Waals surface area contributed by atoms with E-state index in [0.717, 1.165) is 0 Å². The van der Waals surface area contributed by atoms with Crippen molar-refractivity contribution in [3.63, 3.8) is 0 Å². The van der Waals surface area contributed by atoms with Crippen LogP contribution < -0.4 is 0 Å². The van der Waals surface area contributed by atoms with E-state index in [1.165, 1.54) is 18.7 Å². The Morgan fingerprint density at radius 1 is 0.305 bits per heavy atom.